The first-order chi connectivity index (χ1) is 17.0. The fraction of sp³-hybridized carbons (Fsp3) is 0.207. The van der Waals surface area contributed by atoms with Gasteiger partial charge >= 0.3 is 6.09 Å². The van der Waals surface area contributed by atoms with Crippen molar-refractivity contribution < 1.29 is 19.1 Å². The second-order valence-corrected chi connectivity index (χ2v) is 8.22. The topological polar surface area (TPSA) is 84.5 Å². The highest BCUT2D eigenvalue weighted by molar-refractivity contribution is 5.88. The summed E-state index contributed by atoms with van der Waals surface area (Å²) in [5.41, 5.74) is 2.76. The Labute approximate surface area is 206 Å². The molecule has 2 N–H and O–H groups in total. The number of benzene rings is 3. The molecule has 3 aromatic rings. The van der Waals surface area contributed by atoms with Crippen LogP contribution in [-0.4, -0.2) is 29.9 Å². The van der Waals surface area contributed by atoms with E-state index in [0.717, 1.165) is 16.7 Å². The van der Waals surface area contributed by atoms with Gasteiger partial charge in [-0.05, 0) is 36.1 Å². The number of nitrogens with one attached hydrogen (secondary N) is 2. The highest BCUT2D eigenvalue weighted by atomic mass is 16.5. The van der Waals surface area contributed by atoms with Crippen LogP contribution in [0.25, 0.3) is 0 Å². The first kappa shape index (κ1) is 25.4. The number of carbonyl (C=O) groups is 3. The van der Waals surface area contributed by atoms with Gasteiger partial charge in [0.25, 0.3) is 0 Å². The molecule has 6 heteroatoms. The van der Waals surface area contributed by atoms with Gasteiger partial charge in [0.15, 0.2) is 5.78 Å². The van der Waals surface area contributed by atoms with E-state index < -0.39 is 18.2 Å². The van der Waals surface area contributed by atoms with Crippen molar-refractivity contribution in [3.05, 3.63) is 120 Å². The van der Waals surface area contributed by atoms with Crippen LogP contribution < -0.4 is 10.6 Å². The molecule has 0 aromatic heterocycles. The number of hydrogen-bond donors (Lipinski definition) is 2. The number of carbonyl (C=O) groups excluding carboxylic acids is 3. The first-order valence-electron chi connectivity index (χ1n) is 11.5. The summed E-state index contributed by atoms with van der Waals surface area (Å²) >= 11 is 0. The summed E-state index contributed by atoms with van der Waals surface area (Å²) in [7, 11) is 0. The van der Waals surface area contributed by atoms with Crippen molar-refractivity contribution in [2.45, 2.75) is 38.5 Å². The molecule has 3 rings (SSSR count). The van der Waals surface area contributed by atoms with E-state index in [1.54, 1.807) is 6.08 Å². The van der Waals surface area contributed by atoms with Crippen LogP contribution in [0, 0.1) is 0 Å². The molecule has 0 saturated heterocycles. The summed E-state index contributed by atoms with van der Waals surface area (Å²) in [5.74, 6) is -0.472. The van der Waals surface area contributed by atoms with E-state index >= 15 is 0 Å². The maximum absolute atomic E-state index is 13.3. The Morgan fingerprint density at radius 2 is 1.26 bits per heavy atom. The molecule has 35 heavy (non-hydrogen) atoms. The largest absolute Gasteiger partial charge is 0.445 e. The number of alkyl carbamates (subject to hydrolysis) is 1. The predicted molar refractivity (Wildman–Crippen MR) is 136 cm³/mol. The van der Waals surface area contributed by atoms with Crippen molar-refractivity contribution in [2.24, 2.45) is 0 Å². The van der Waals surface area contributed by atoms with Crippen LogP contribution in [0.1, 0.15) is 23.6 Å². The van der Waals surface area contributed by atoms with Crippen molar-refractivity contribution >= 4 is 17.8 Å². The van der Waals surface area contributed by atoms with Crippen molar-refractivity contribution in [1.82, 2.24) is 10.6 Å². The quantitative estimate of drug-likeness (QED) is 0.407. The van der Waals surface area contributed by atoms with Gasteiger partial charge < -0.3 is 15.4 Å². The number of allylic oxidation sites excluding steroid dienone is 1. The molecule has 0 aliphatic carbocycles. The van der Waals surface area contributed by atoms with Gasteiger partial charge in [0, 0.05) is 6.42 Å². The zero-order chi connectivity index (χ0) is 24.9. The second-order valence-electron chi connectivity index (χ2n) is 8.22. The van der Waals surface area contributed by atoms with E-state index in [1.807, 2.05) is 91.0 Å². The summed E-state index contributed by atoms with van der Waals surface area (Å²) in [6.07, 6.45) is 3.25. The van der Waals surface area contributed by atoms with Crippen molar-refractivity contribution in [3.8, 4) is 0 Å². The van der Waals surface area contributed by atoms with Crippen LogP contribution in [0.3, 0.4) is 0 Å². The molecular weight excluding hydrogens is 440 g/mol. The molecule has 0 unspecified atom stereocenters. The molecule has 2 amide bonds. The summed E-state index contributed by atoms with van der Waals surface area (Å²) in [6.45, 7) is 1.56. The molecule has 0 aliphatic rings. The van der Waals surface area contributed by atoms with E-state index in [9.17, 15) is 14.4 Å². The maximum atomic E-state index is 13.3. The number of amides is 2. The molecule has 0 spiro atoms. The lowest BCUT2D eigenvalue weighted by molar-refractivity contribution is -0.123. The Balaban J connectivity index is 1.71. The Kier molecular flexibility index (Phi) is 9.81. The third-order valence-electron chi connectivity index (χ3n) is 5.29. The number of hydrogen-bond acceptors (Lipinski definition) is 4. The average molecular weight is 471 g/mol. The van der Waals surface area contributed by atoms with Gasteiger partial charge in [-0.15, -0.1) is 0 Å². The first-order valence-corrected chi connectivity index (χ1v) is 11.5. The van der Waals surface area contributed by atoms with E-state index in [1.165, 1.54) is 13.0 Å². The SMILES string of the molecule is CC(=O)C=C[C@H](Cc1ccccc1)NC(=O)[C@H](Cc1ccccc1)NC(=O)OCc1ccccc1. The number of rotatable bonds is 11. The predicted octanol–water partition coefficient (Wildman–Crippen LogP) is 4.40. The summed E-state index contributed by atoms with van der Waals surface area (Å²) in [4.78, 5) is 37.4. The summed E-state index contributed by atoms with van der Waals surface area (Å²) < 4.78 is 5.34. The normalized spacial score (nSPS) is 12.5. The molecule has 0 saturated carbocycles. The minimum atomic E-state index is -0.857. The lowest BCUT2D eigenvalue weighted by Crippen LogP contribution is -2.50. The highest BCUT2D eigenvalue weighted by Crippen LogP contribution is 2.08. The third kappa shape index (κ3) is 9.29. The van der Waals surface area contributed by atoms with Crippen LogP contribution in [0.2, 0.25) is 0 Å². The molecule has 180 valence electrons. The molecule has 2 atom stereocenters. The number of ether oxygens (including phenoxy) is 1. The Bertz CT molecular complexity index is 1120. The van der Waals surface area contributed by atoms with E-state index in [0.29, 0.717) is 12.8 Å². The Morgan fingerprint density at radius 3 is 1.80 bits per heavy atom. The van der Waals surface area contributed by atoms with Crippen molar-refractivity contribution in [2.75, 3.05) is 0 Å². The van der Waals surface area contributed by atoms with Crippen LogP contribution in [0.4, 0.5) is 4.79 Å². The lowest BCUT2D eigenvalue weighted by atomic mass is 10.0. The van der Waals surface area contributed by atoms with E-state index in [-0.39, 0.29) is 18.3 Å². The number of ketones is 1. The zero-order valence-electron chi connectivity index (χ0n) is 19.7. The van der Waals surface area contributed by atoms with Crippen LogP contribution >= 0.6 is 0 Å². The highest BCUT2D eigenvalue weighted by Gasteiger charge is 2.24. The summed E-state index contributed by atoms with van der Waals surface area (Å²) in [6, 6.07) is 27.2. The van der Waals surface area contributed by atoms with Gasteiger partial charge in [-0.25, -0.2) is 4.79 Å². The molecular formula is C29H30N2O4. The molecule has 0 fully saturated rings. The lowest BCUT2D eigenvalue weighted by Gasteiger charge is -2.22. The Morgan fingerprint density at radius 1 is 0.743 bits per heavy atom. The summed E-state index contributed by atoms with van der Waals surface area (Å²) in [5, 5.41) is 5.68. The van der Waals surface area contributed by atoms with Gasteiger partial charge in [-0.1, -0.05) is 97.1 Å². The fourth-order valence-corrected chi connectivity index (χ4v) is 3.54. The average Bonchev–Trinajstić information content (AvgIpc) is 2.87. The maximum Gasteiger partial charge on any atom is 0.408 e. The molecule has 6 nitrogen and oxygen atoms in total. The van der Waals surface area contributed by atoms with Crippen LogP contribution in [0.5, 0.6) is 0 Å². The molecule has 0 heterocycles. The van der Waals surface area contributed by atoms with Gasteiger partial charge in [-0.3, -0.25) is 9.59 Å². The second kappa shape index (κ2) is 13.5. The van der Waals surface area contributed by atoms with Crippen LogP contribution in [-0.2, 0) is 33.8 Å². The molecule has 0 aliphatic heterocycles. The fourth-order valence-electron chi connectivity index (χ4n) is 3.54. The third-order valence-corrected chi connectivity index (χ3v) is 5.29. The van der Waals surface area contributed by atoms with Gasteiger partial charge in [0.05, 0.1) is 6.04 Å². The van der Waals surface area contributed by atoms with Gasteiger partial charge in [-0.2, -0.15) is 0 Å². The molecule has 3 aromatic carbocycles. The van der Waals surface area contributed by atoms with E-state index in [2.05, 4.69) is 10.6 Å². The standard InChI is InChI=1S/C29H30N2O4/c1-22(32)17-18-26(19-23-11-5-2-6-12-23)30-28(33)27(20-24-13-7-3-8-14-24)31-29(34)35-21-25-15-9-4-10-16-25/h2-18,26-27H,19-21H2,1H3,(H,30,33)(H,31,34)/t26-,27+/m1/s1. The monoisotopic (exact) mass is 470 g/mol. The minimum absolute atomic E-state index is 0.102. The molecule has 0 radical (unpaired) electrons. The Hall–Kier alpha value is -4.19. The van der Waals surface area contributed by atoms with Crippen molar-refractivity contribution in [3.63, 3.8) is 0 Å². The van der Waals surface area contributed by atoms with Crippen molar-refractivity contribution in [1.29, 1.82) is 0 Å². The smallest absolute Gasteiger partial charge is 0.408 e. The van der Waals surface area contributed by atoms with Crippen LogP contribution in [0.15, 0.2) is 103 Å². The molecule has 0 bridgehead atoms. The zero-order valence-corrected chi connectivity index (χ0v) is 19.7. The van der Waals surface area contributed by atoms with E-state index in [4.69, 9.17) is 4.74 Å². The van der Waals surface area contributed by atoms with Gasteiger partial charge in [0.2, 0.25) is 5.91 Å². The minimum Gasteiger partial charge on any atom is -0.445 e. The van der Waals surface area contributed by atoms with Gasteiger partial charge in [0.1, 0.15) is 12.6 Å².